The third kappa shape index (κ3) is 5.11. The van der Waals surface area contributed by atoms with E-state index in [1.54, 1.807) is 0 Å². The molecule has 0 aromatic heterocycles. The van der Waals surface area contributed by atoms with Crippen LogP contribution in [-0.4, -0.2) is 43.4 Å². The van der Waals surface area contributed by atoms with Gasteiger partial charge in [-0.2, -0.15) is 0 Å². The molecular weight excluding hydrogens is 318 g/mol. The van der Waals surface area contributed by atoms with Crippen molar-refractivity contribution in [2.75, 3.05) is 26.5 Å². The van der Waals surface area contributed by atoms with E-state index in [0.717, 1.165) is 42.4 Å². The van der Waals surface area contributed by atoms with Crippen LogP contribution in [0.1, 0.15) is 45.1 Å². The Hall–Kier alpha value is -1.75. The van der Waals surface area contributed by atoms with E-state index in [0.29, 0.717) is 19.6 Å². The van der Waals surface area contributed by atoms with Crippen LogP contribution < -0.4 is 9.47 Å². The van der Waals surface area contributed by atoms with Gasteiger partial charge in [0.1, 0.15) is 0 Å². The first kappa shape index (κ1) is 18.1. The molecule has 1 aromatic rings. The minimum atomic E-state index is 0.196. The van der Waals surface area contributed by atoms with Gasteiger partial charge in [0.25, 0.3) is 0 Å². The van der Waals surface area contributed by atoms with Crippen molar-refractivity contribution in [2.45, 2.75) is 52.1 Å². The molecule has 1 amide bonds. The maximum atomic E-state index is 12.5. The minimum absolute atomic E-state index is 0.196. The monoisotopic (exact) mass is 347 g/mol. The second kappa shape index (κ2) is 8.56. The fourth-order valence-electron chi connectivity index (χ4n) is 3.38. The van der Waals surface area contributed by atoms with Crippen LogP contribution in [0.4, 0.5) is 0 Å². The molecule has 1 aromatic carbocycles. The molecule has 0 spiro atoms. The Morgan fingerprint density at radius 1 is 1.28 bits per heavy atom. The summed E-state index contributed by atoms with van der Waals surface area (Å²) in [6, 6.07) is 5.90. The summed E-state index contributed by atoms with van der Waals surface area (Å²) in [6.07, 6.45) is 4.88. The number of hydrogen-bond acceptors (Lipinski definition) is 4. The van der Waals surface area contributed by atoms with Crippen LogP contribution in [0.5, 0.6) is 11.5 Å². The van der Waals surface area contributed by atoms with Gasteiger partial charge in [0, 0.05) is 19.5 Å². The number of nitrogens with zero attached hydrogens (tertiary/aromatic N) is 1. The Morgan fingerprint density at radius 3 is 2.96 bits per heavy atom. The predicted molar refractivity (Wildman–Crippen MR) is 95.9 cm³/mol. The molecule has 2 aliphatic rings. The molecule has 0 saturated carbocycles. The average Bonchev–Trinajstić information content (AvgIpc) is 3.07. The summed E-state index contributed by atoms with van der Waals surface area (Å²) in [5.74, 6) is 2.51. The quantitative estimate of drug-likeness (QED) is 0.758. The Labute approximate surface area is 150 Å². The molecule has 5 heteroatoms. The van der Waals surface area contributed by atoms with E-state index >= 15 is 0 Å². The second-order valence-corrected chi connectivity index (χ2v) is 7.34. The fourth-order valence-corrected chi connectivity index (χ4v) is 3.38. The van der Waals surface area contributed by atoms with Crippen molar-refractivity contribution >= 4 is 5.91 Å². The summed E-state index contributed by atoms with van der Waals surface area (Å²) < 4.78 is 16.5. The van der Waals surface area contributed by atoms with E-state index in [9.17, 15) is 4.79 Å². The van der Waals surface area contributed by atoms with E-state index in [4.69, 9.17) is 14.2 Å². The Bertz CT molecular complexity index is 587. The van der Waals surface area contributed by atoms with Crippen LogP contribution >= 0.6 is 0 Å². The molecular formula is C20H29NO4. The number of rotatable bonds is 7. The maximum absolute atomic E-state index is 12.5. The molecule has 5 nitrogen and oxygen atoms in total. The lowest BCUT2D eigenvalue weighted by Gasteiger charge is -2.33. The van der Waals surface area contributed by atoms with E-state index in [1.165, 1.54) is 12.8 Å². The molecule has 0 bridgehead atoms. The average molecular weight is 347 g/mol. The molecule has 3 rings (SSSR count). The SMILES string of the molecule is CC(C)CCC[C@H]1CN(C(=O)CCc2ccc3c(c2)OCO3)CCO1. The highest BCUT2D eigenvalue weighted by Gasteiger charge is 2.24. The zero-order chi connectivity index (χ0) is 17.6. The molecule has 25 heavy (non-hydrogen) atoms. The smallest absolute Gasteiger partial charge is 0.231 e. The first-order valence-electron chi connectivity index (χ1n) is 9.39. The van der Waals surface area contributed by atoms with Crippen LogP contribution in [0, 0.1) is 5.92 Å². The number of benzene rings is 1. The highest BCUT2D eigenvalue weighted by atomic mass is 16.7. The third-order valence-corrected chi connectivity index (χ3v) is 4.86. The summed E-state index contributed by atoms with van der Waals surface area (Å²) in [7, 11) is 0. The molecule has 0 N–H and O–H groups in total. The van der Waals surface area contributed by atoms with Gasteiger partial charge in [-0.25, -0.2) is 0 Å². The van der Waals surface area contributed by atoms with E-state index in [-0.39, 0.29) is 18.8 Å². The fraction of sp³-hybridized carbons (Fsp3) is 0.650. The summed E-state index contributed by atoms with van der Waals surface area (Å²) in [6.45, 7) is 6.87. The molecule has 2 heterocycles. The number of ether oxygens (including phenoxy) is 3. The normalized spacial score (nSPS) is 19.5. The number of amides is 1. The van der Waals surface area contributed by atoms with Crippen LogP contribution in [0.25, 0.3) is 0 Å². The van der Waals surface area contributed by atoms with Crippen LogP contribution in [0.2, 0.25) is 0 Å². The lowest BCUT2D eigenvalue weighted by atomic mass is 10.0. The van der Waals surface area contributed by atoms with Crippen molar-refractivity contribution in [3.63, 3.8) is 0 Å². The first-order chi connectivity index (χ1) is 12.1. The molecule has 2 aliphatic heterocycles. The van der Waals surface area contributed by atoms with Gasteiger partial charge in [0.05, 0.1) is 12.7 Å². The van der Waals surface area contributed by atoms with Crippen LogP contribution in [0.3, 0.4) is 0 Å². The zero-order valence-electron chi connectivity index (χ0n) is 15.3. The Morgan fingerprint density at radius 2 is 2.12 bits per heavy atom. The van der Waals surface area contributed by atoms with Gasteiger partial charge in [0.15, 0.2) is 11.5 Å². The number of morpholine rings is 1. The molecule has 0 unspecified atom stereocenters. The summed E-state index contributed by atoms with van der Waals surface area (Å²) in [4.78, 5) is 14.5. The standard InChI is InChI=1S/C20H29NO4/c1-15(2)4-3-5-17-13-21(10-11-23-17)20(22)9-7-16-6-8-18-19(12-16)25-14-24-18/h6,8,12,15,17H,3-5,7,9-11,13-14H2,1-2H3/t17-/m0/s1. The predicted octanol–water partition coefficient (Wildman–Crippen LogP) is 3.40. The van der Waals surface area contributed by atoms with Gasteiger partial charge in [-0.05, 0) is 36.5 Å². The maximum Gasteiger partial charge on any atom is 0.231 e. The number of hydrogen-bond donors (Lipinski definition) is 0. The molecule has 138 valence electrons. The zero-order valence-corrected chi connectivity index (χ0v) is 15.3. The summed E-state index contributed by atoms with van der Waals surface area (Å²) in [5.41, 5.74) is 1.11. The van der Waals surface area contributed by atoms with Gasteiger partial charge in [-0.15, -0.1) is 0 Å². The number of fused-ring (bicyclic) bond motifs is 1. The molecule has 1 atom stereocenters. The lowest BCUT2D eigenvalue weighted by molar-refractivity contribution is -0.139. The molecule has 0 aliphatic carbocycles. The Balaban J connectivity index is 1.44. The highest BCUT2D eigenvalue weighted by molar-refractivity contribution is 5.76. The van der Waals surface area contributed by atoms with Crippen molar-refractivity contribution in [1.82, 2.24) is 4.90 Å². The Kier molecular flexibility index (Phi) is 6.19. The van der Waals surface area contributed by atoms with Crippen molar-refractivity contribution < 1.29 is 19.0 Å². The minimum Gasteiger partial charge on any atom is -0.454 e. The lowest BCUT2D eigenvalue weighted by Crippen LogP contribution is -2.45. The van der Waals surface area contributed by atoms with Crippen molar-refractivity contribution in [1.29, 1.82) is 0 Å². The van der Waals surface area contributed by atoms with Gasteiger partial charge in [0.2, 0.25) is 12.7 Å². The largest absolute Gasteiger partial charge is 0.454 e. The van der Waals surface area contributed by atoms with Gasteiger partial charge in [-0.3, -0.25) is 4.79 Å². The van der Waals surface area contributed by atoms with E-state index in [2.05, 4.69) is 13.8 Å². The highest BCUT2D eigenvalue weighted by Crippen LogP contribution is 2.32. The third-order valence-electron chi connectivity index (χ3n) is 4.86. The summed E-state index contributed by atoms with van der Waals surface area (Å²) in [5, 5.41) is 0. The van der Waals surface area contributed by atoms with Crippen LogP contribution in [-0.2, 0) is 16.0 Å². The first-order valence-corrected chi connectivity index (χ1v) is 9.39. The van der Waals surface area contributed by atoms with E-state index in [1.807, 2.05) is 23.1 Å². The van der Waals surface area contributed by atoms with Crippen LogP contribution in [0.15, 0.2) is 18.2 Å². The van der Waals surface area contributed by atoms with Gasteiger partial charge >= 0.3 is 0 Å². The second-order valence-electron chi connectivity index (χ2n) is 7.34. The van der Waals surface area contributed by atoms with Crippen molar-refractivity contribution in [2.24, 2.45) is 5.92 Å². The molecule has 1 saturated heterocycles. The molecule has 1 fully saturated rings. The van der Waals surface area contributed by atoms with E-state index < -0.39 is 0 Å². The number of carbonyl (C=O) groups is 1. The number of aryl methyl sites for hydroxylation is 1. The van der Waals surface area contributed by atoms with Gasteiger partial charge in [-0.1, -0.05) is 32.8 Å². The topological polar surface area (TPSA) is 48.0 Å². The van der Waals surface area contributed by atoms with Gasteiger partial charge < -0.3 is 19.1 Å². The summed E-state index contributed by atoms with van der Waals surface area (Å²) >= 11 is 0. The number of carbonyl (C=O) groups excluding carboxylic acids is 1. The molecule has 0 radical (unpaired) electrons. The van der Waals surface area contributed by atoms with Crippen molar-refractivity contribution in [3.05, 3.63) is 23.8 Å². The van der Waals surface area contributed by atoms with Crippen molar-refractivity contribution in [3.8, 4) is 11.5 Å².